The summed E-state index contributed by atoms with van der Waals surface area (Å²) < 4.78 is 24.5. The van der Waals surface area contributed by atoms with E-state index in [1.165, 1.54) is 11.1 Å². The van der Waals surface area contributed by atoms with E-state index in [0.717, 1.165) is 54.6 Å². The number of nitrogens with zero attached hydrogens (tertiary/aromatic N) is 2. The first kappa shape index (κ1) is 28.4. The number of methoxy groups -OCH3 is 2. The fourth-order valence-electron chi connectivity index (χ4n) is 6.94. The van der Waals surface area contributed by atoms with Gasteiger partial charge in [0.05, 0.1) is 14.2 Å². The Morgan fingerprint density at radius 1 is 0.705 bits per heavy atom. The molecule has 44 heavy (non-hydrogen) atoms. The summed E-state index contributed by atoms with van der Waals surface area (Å²) in [4.78, 5) is 4.66. The van der Waals surface area contributed by atoms with Crippen LogP contribution in [-0.2, 0) is 25.7 Å². The second-order valence-electron chi connectivity index (χ2n) is 12.1. The zero-order valence-corrected chi connectivity index (χ0v) is 25.6. The van der Waals surface area contributed by atoms with Crippen molar-refractivity contribution in [3.8, 4) is 46.0 Å². The first-order chi connectivity index (χ1) is 21.3. The maximum atomic E-state index is 11.5. The molecule has 6 heterocycles. The van der Waals surface area contributed by atoms with E-state index in [-0.39, 0.29) is 23.6 Å². The molecule has 0 radical (unpaired) electrons. The van der Waals surface area contributed by atoms with Crippen LogP contribution in [0.4, 0.5) is 0 Å². The Morgan fingerprint density at radius 3 is 2.14 bits per heavy atom. The molecule has 0 aliphatic carbocycles. The van der Waals surface area contributed by atoms with Gasteiger partial charge in [0.2, 0.25) is 5.75 Å². The summed E-state index contributed by atoms with van der Waals surface area (Å²) in [5, 5.41) is 22.2. The molecule has 0 saturated heterocycles. The van der Waals surface area contributed by atoms with Gasteiger partial charge in [0, 0.05) is 30.7 Å². The van der Waals surface area contributed by atoms with E-state index in [1.807, 2.05) is 30.3 Å². The zero-order chi connectivity index (χ0) is 30.5. The molecule has 8 heteroatoms. The molecule has 0 saturated carbocycles. The summed E-state index contributed by atoms with van der Waals surface area (Å²) in [6.45, 7) is 1.74. The van der Waals surface area contributed by atoms with Gasteiger partial charge in [-0.1, -0.05) is 18.2 Å². The number of benzene rings is 4. The lowest BCUT2D eigenvalue weighted by Gasteiger charge is -2.37. The summed E-state index contributed by atoms with van der Waals surface area (Å²) in [7, 11) is 7.46. The molecule has 0 unspecified atom stereocenters. The van der Waals surface area contributed by atoms with E-state index in [0.29, 0.717) is 40.9 Å². The number of aromatic hydroxyl groups is 2. The van der Waals surface area contributed by atoms with Gasteiger partial charge in [-0.05, 0) is 110 Å². The average molecular weight is 595 g/mol. The summed E-state index contributed by atoms with van der Waals surface area (Å²) in [5.41, 5.74) is 6.56. The molecule has 2 N–H and O–H groups in total. The Kier molecular flexibility index (Phi) is 7.26. The number of phenols is 2. The second-order valence-corrected chi connectivity index (χ2v) is 12.1. The molecule has 0 amide bonds. The standard InChI is InChI=1S/C36H38N2O6/c1-37-13-11-23-18-32-31(41-3)20-26(23)27(37)16-22-7-10-29(39)30(17-22)43-25-8-5-21(6-9-25)15-28-34-24(12-14-38(28)2)19-33(42-4)35(40)36(34)44-32/h5-10,17-20,27-28,39-40H,11-16H2,1-4H3/t27-,28-/m0/s1. The molecule has 0 fully saturated rings. The number of likely N-dealkylation sites (N-methyl/N-ethyl adjacent to an activating group) is 2. The largest absolute Gasteiger partial charge is 0.504 e. The van der Waals surface area contributed by atoms with Crippen molar-refractivity contribution < 1.29 is 29.2 Å². The fourth-order valence-corrected chi connectivity index (χ4v) is 6.94. The monoisotopic (exact) mass is 594 g/mol. The quantitative estimate of drug-likeness (QED) is 0.270. The van der Waals surface area contributed by atoms with Gasteiger partial charge in [-0.3, -0.25) is 9.80 Å². The van der Waals surface area contributed by atoms with E-state index < -0.39 is 0 Å². The SMILES string of the molecule is COc1cc2c3cc1Oc1c(O)c(OC)cc4c1[C@H](Cc1ccc(cc1)Oc1cc(ccc1O)C[C@@H]2N(C)CC3)N(C)CC4. The van der Waals surface area contributed by atoms with Crippen LogP contribution in [0.1, 0.15) is 45.5 Å². The topological polar surface area (TPSA) is 83.9 Å². The van der Waals surface area contributed by atoms with Crippen molar-refractivity contribution in [2.24, 2.45) is 0 Å². The highest BCUT2D eigenvalue weighted by Crippen LogP contribution is 2.51. The number of rotatable bonds is 2. The Balaban J connectivity index is 1.44. The van der Waals surface area contributed by atoms with Crippen LogP contribution in [0.2, 0.25) is 0 Å². The first-order valence-electron chi connectivity index (χ1n) is 15.1. The molecule has 10 rings (SSSR count). The second kappa shape index (κ2) is 11.3. The summed E-state index contributed by atoms with van der Waals surface area (Å²) in [6, 6.07) is 19.7. The third-order valence-corrected chi connectivity index (χ3v) is 9.46. The van der Waals surface area contributed by atoms with Crippen LogP contribution in [-0.4, -0.2) is 61.4 Å². The number of phenolic OH excluding ortho intramolecular Hbond substituents is 2. The fraction of sp³-hybridized carbons (Fsp3) is 0.333. The Hall–Kier alpha value is -4.40. The van der Waals surface area contributed by atoms with E-state index >= 15 is 0 Å². The lowest BCUT2D eigenvalue weighted by Crippen LogP contribution is -2.34. The minimum absolute atomic E-state index is 0.0161. The van der Waals surface area contributed by atoms with Crippen molar-refractivity contribution in [3.05, 3.63) is 94.0 Å². The maximum Gasteiger partial charge on any atom is 0.201 e. The van der Waals surface area contributed by atoms with Gasteiger partial charge < -0.3 is 29.2 Å². The third-order valence-electron chi connectivity index (χ3n) is 9.46. The van der Waals surface area contributed by atoms with E-state index in [4.69, 9.17) is 18.9 Å². The van der Waals surface area contributed by atoms with Crippen molar-refractivity contribution in [1.29, 1.82) is 0 Å². The van der Waals surface area contributed by atoms with Gasteiger partial charge in [0.1, 0.15) is 5.75 Å². The van der Waals surface area contributed by atoms with Crippen LogP contribution in [0.25, 0.3) is 0 Å². The average Bonchev–Trinajstić information content (AvgIpc) is 3.03. The van der Waals surface area contributed by atoms with Gasteiger partial charge in [0.15, 0.2) is 34.5 Å². The van der Waals surface area contributed by atoms with E-state index in [9.17, 15) is 10.2 Å². The van der Waals surface area contributed by atoms with Crippen molar-refractivity contribution in [2.45, 2.75) is 37.8 Å². The Bertz CT molecular complexity index is 1720. The van der Waals surface area contributed by atoms with Crippen molar-refractivity contribution in [2.75, 3.05) is 41.4 Å². The van der Waals surface area contributed by atoms with E-state index in [1.54, 1.807) is 20.3 Å². The Morgan fingerprint density at radius 2 is 1.39 bits per heavy atom. The highest BCUT2D eigenvalue weighted by molar-refractivity contribution is 5.63. The molecular formula is C36H38N2O6. The van der Waals surface area contributed by atoms with Crippen LogP contribution in [0.3, 0.4) is 0 Å². The van der Waals surface area contributed by atoms with Crippen LogP contribution < -0.4 is 18.9 Å². The van der Waals surface area contributed by atoms with Crippen molar-refractivity contribution in [3.63, 3.8) is 0 Å². The number of ether oxygens (including phenoxy) is 4. The molecule has 4 aromatic rings. The first-order valence-corrected chi connectivity index (χ1v) is 15.1. The lowest BCUT2D eigenvalue weighted by molar-refractivity contribution is 0.221. The maximum absolute atomic E-state index is 11.5. The number of hydrogen-bond acceptors (Lipinski definition) is 8. The molecule has 8 nitrogen and oxygen atoms in total. The normalized spacial score (nSPS) is 19.6. The van der Waals surface area contributed by atoms with Gasteiger partial charge in [-0.25, -0.2) is 0 Å². The molecule has 0 aromatic heterocycles. The summed E-state index contributed by atoms with van der Waals surface area (Å²) in [5.74, 6) is 3.14. The minimum atomic E-state index is -0.0539. The van der Waals surface area contributed by atoms with Gasteiger partial charge in [-0.15, -0.1) is 0 Å². The molecule has 228 valence electrons. The van der Waals surface area contributed by atoms with Gasteiger partial charge in [-0.2, -0.15) is 0 Å². The minimum Gasteiger partial charge on any atom is -0.504 e. The third kappa shape index (κ3) is 4.98. The molecule has 6 aliphatic rings. The van der Waals surface area contributed by atoms with Crippen molar-refractivity contribution in [1.82, 2.24) is 9.80 Å². The molecule has 4 aromatic carbocycles. The van der Waals surface area contributed by atoms with Crippen LogP contribution in [0.15, 0.2) is 60.7 Å². The molecule has 2 atom stereocenters. The zero-order valence-electron chi connectivity index (χ0n) is 25.6. The van der Waals surface area contributed by atoms with Crippen LogP contribution in [0.5, 0.6) is 46.0 Å². The predicted molar refractivity (Wildman–Crippen MR) is 168 cm³/mol. The van der Waals surface area contributed by atoms with Crippen molar-refractivity contribution >= 4 is 0 Å². The van der Waals surface area contributed by atoms with Gasteiger partial charge in [0.25, 0.3) is 0 Å². The van der Waals surface area contributed by atoms with E-state index in [2.05, 4.69) is 48.2 Å². The lowest BCUT2D eigenvalue weighted by atomic mass is 9.87. The van der Waals surface area contributed by atoms with Crippen LogP contribution >= 0.6 is 0 Å². The smallest absolute Gasteiger partial charge is 0.201 e. The predicted octanol–water partition coefficient (Wildman–Crippen LogP) is 6.56. The Labute approximate surface area is 258 Å². The molecule has 0 spiro atoms. The highest BCUT2D eigenvalue weighted by Gasteiger charge is 2.34. The summed E-state index contributed by atoms with van der Waals surface area (Å²) in [6.07, 6.45) is 3.08. The molecule has 6 aliphatic heterocycles. The summed E-state index contributed by atoms with van der Waals surface area (Å²) >= 11 is 0. The van der Waals surface area contributed by atoms with Crippen LogP contribution in [0, 0.1) is 0 Å². The number of hydrogen-bond donors (Lipinski definition) is 2. The van der Waals surface area contributed by atoms with Gasteiger partial charge >= 0.3 is 0 Å². The molecule has 8 bridgehead atoms. The highest BCUT2D eigenvalue weighted by atomic mass is 16.5. The molecular weight excluding hydrogens is 556 g/mol.